The summed E-state index contributed by atoms with van der Waals surface area (Å²) in [5.74, 6) is -1.53. The molecule has 1 heterocycles. The van der Waals surface area contributed by atoms with Gasteiger partial charge in [0.05, 0.1) is 13.7 Å². The Bertz CT molecular complexity index is 307. The molecule has 2 amide bonds. The molecule has 6 nitrogen and oxygen atoms in total. The normalized spacial score (nSPS) is 15.2. The van der Waals surface area contributed by atoms with Crippen LogP contribution >= 0.6 is 0 Å². The van der Waals surface area contributed by atoms with E-state index in [0.29, 0.717) is 6.42 Å². The molecule has 6 heteroatoms. The summed E-state index contributed by atoms with van der Waals surface area (Å²) in [5.41, 5.74) is -0.165. The number of amides is 2. The second-order valence-corrected chi connectivity index (χ2v) is 2.49. The molecule has 1 N–H and O–H groups in total. The van der Waals surface area contributed by atoms with Gasteiger partial charge in [-0.1, -0.05) is 6.08 Å². The van der Waals surface area contributed by atoms with E-state index in [1.54, 1.807) is 0 Å². The third-order valence-corrected chi connectivity index (χ3v) is 1.56. The van der Waals surface area contributed by atoms with Crippen molar-refractivity contribution in [2.24, 2.45) is 0 Å². The quantitative estimate of drug-likeness (QED) is 0.465. The van der Waals surface area contributed by atoms with E-state index in [-0.39, 0.29) is 12.2 Å². The number of esters is 1. The molecule has 0 atom stereocenters. The maximum Gasteiger partial charge on any atom is 0.413 e. The van der Waals surface area contributed by atoms with Crippen molar-refractivity contribution in [3.63, 3.8) is 0 Å². The summed E-state index contributed by atoms with van der Waals surface area (Å²) >= 11 is 0. The topological polar surface area (TPSA) is 81.7 Å². The maximum atomic E-state index is 11.2. The van der Waals surface area contributed by atoms with Gasteiger partial charge < -0.3 is 9.47 Å². The number of ether oxygens (including phenoxy) is 2. The van der Waals surface area contributed by atoms with Gasteiger partial charge in [0, 0.05) is 6.42 Å². The third kappa shape index (κ3) is 2.32. The number of nitrogens with one attached hydrogen (secondary N) is 1. The molecule has 1 aliphatic rings. The first-order chi connectivity index (χ1) is 6.65. The van der Waals surface area contributed by atoms with Gasteiger partial charge in [0.15, 0.2) is 0 Å². The van der Waals surface area contributed by atoms with Crippen LogP contribution in [-0.4, -0.2) is 31.7 Å². The minimum atomic E-state index is -0.908. The molecule has 0 aromatic heterocycles. The molecule has 1 aliphatic heterocycles. The van der Waals surface area contributed by atoms with Gasteiger partial charge in [-0.15, -0.1) is 0 Å². The Morgan fingerprint density at radius 1 is 1.57 bits per heavy atom. The van der Waals surface area contributed by atoms with Crippen LogP contribution in [0.1, 0.15) is 6.42 Å². The summed E-state index contributed by atoms with van der Waals surface area (Å²) in [5, 5.41) is 1.86. The summed E-state index contributed by atoms with van der Waals surface area (Å²) in [4.78, 5) is 32.8. The van der Waals surface area contributed by atoms with Gasteiger partial charge >= 0.3 is 12.1 Å². The first kappa shape index (κ1) is 10.2. The third-order valence-electron chi connectivity index (χ3n) is 1.56. The molecule has 0 unspecified atom stereocenters. The largest absolute Gasteiger partial charge is 0.462 e. The number of methoxy groups -OCH3 is 1. The lowest BCUT2D eigenvalue weighted by Crippen LogP contribution is -2.35. The highest BCUT2D eigenvalue weighted by Gasteiger charge is 2.23. The zero-order chi connectivity index (χ0) is 10.6. The number of hydrogen-bond donors (Lipinski definition) is 1. The predicted octanol–water partition coefficient (Wildman–Crippen LogP) is -0.258. The maximum absolute atomic E-state index is 11.2. The molecule has 0 saturated carbocycles. The molecule has 0 fully saturated rings. The number of rotatable bonds is 1. The molecule has 0 aromatic carbocycles. The van der Waals surface area contributed by atoms with Gasteiger partial charge in [0.1, 0.15) is 5.57 Å². The Hall–Kier alpha value is -1.85. The zero-order valence-electron chi connectivity index (χ0n) is 7.53. The summed E-state index contributed by atoms with van der Waals surface area (Å²) in [6.45, 7) is 0.258. The second-order valence-electron chi connectivity index (χ2n) is 2.49. The molecular formula is C8H9NO5. The van der Waals surface area contributed by atoms with E-state index in [1.807, 2.05) is 5.32 Å². The number of carbonyl (C=O) groups excluding carboxylic acids is 3. The highest BCUT2D eigenvalue weighted by atomic mass is 16.5. The van der Waals surface area contributed by atoms with E-state index in [4.69, 9.17) is 0 Å². The number of alkyl carbamates (subject to hydrolysis) is 1. The van der Waals surface area contributed by atoms with Crippen LogP contribution in [0.5, 0.6) is 0 Å². The average Bonchev–Trinajstić information content (AvgIpc) is 2.18. The molecule has 1 rings (SSSR count). The molecule has 14 heavy (non-hydrogen) atoms. The standard InChI is InChI=1S/C8H9NO5/c1-13-8(12)9-6(10)5-3-2-4-14-7(5)11/h3H,2,4H2,1H3,(H,9,10,12). The molecule has 76 valence electrons. The van der Waals surface area contributed by atoms with Crippen molar-refractivity contribution >= 4 is 18.0 Å². The summed E-state index contributed by atoms with van der Waals surface area (Å²) in [6, 6.07) is 0. The Morgan fingerprint density at radius 2 is 2.29 bits per heavy atom. The van der Waals surface area contributed by atoms with Crippen molar-refractivity contribution < 1.29 is 23.9 Å². The van der Waals surface area contributed by atoms with Crippen LogP contribution in [0, 0.1) is 0 Å². The highest BCUT2D eigenvalue weighted by molar-refractivity contribution is 6.19. The van der Waals surface area contributed by atoms with Gasteiger partial charge in [-0.25, -0.2) is 9.59 Å². The summed E-state index contributed by atoms with van der Waals surface area (Å²) < 4.78 is 8.80. The van der Waals surface area contributed by atoms with Crippen LogP contribution in [0.2, 0.25) is 0 Å². The van der Waals surface area contributed by atoms with Crippen LogP contribution in [-0.2, 0) is 19.1 Å². The highest BCUT2D eigenvalue weighted by Crippen LogP contribution is 2.07. The van der Waals surface area contributed by atoms with Gasteiger partial charge in [-0.3, -0.25) is 10.1 Å². The smallest absolute Gasteiger partial charge is 0.413 e. The first-order valence-corrected chi connectivity index (χ1v) is 3.91. The molecule has 0 bridgehead atoms. The monoisotopic (exact) mass is 199 g/mol. The molecule has 0 aromatic rings. The fourth-order valence-electron chi connectivity index (χ4n) is 0.912. The minimum absolute atomic E-state index is 0.165. The Kier molecular flexibility index (Phi) is 3.22. The molecule has 0 radical (unpaired) electrons. The van der Waals surface area contributed by atoms with Gasteiger partial charge in [-0.05, 0) is 0 Å². The van der Waals surface area contributed by atoms with Crippen LogP contribution in [0.4, 0.5) is 4.79 Å². The van der Waals surface area contributed by atoms with Gasteiger partial charge in [0.2, 0.25) is 0 Å². The van der Waals surface area contributed by atoms with Crippen LogP contribution in [0.15, 0.2) is 11.6 Å². The summed E-state index contributed by atoms with van der Waals surface area (Å²) in [6.07, 6.45) is 0.981. The van der Waals surface area contributed by atoms with Crippen molar-refractivity contribution in [3.05, 3.63) is 11.6 Å². The van der Waals surface area contributed by atoms with E-state index in [2.05, 4.69) is 9.47 Å². The van der Waals surface area contributed by atoms with Crippen LogP contribution in [0.25, 0.3) is 0 Å². The van der Waals surface area contributed by atoms with E-state index in [9.17, 15) is 14.4 Å². The number of hydrogen-bond acceptors (Lipinski definition) is 5. The van der Waals surface area contributed by atoms with Crippen LogP contribution in [0.3, 0.4) is 0 Å². The van der Waals surface area contributed by atoms with Crippen LogP contribution < -0.4 is 5.32 Å². The fraction of sp³-hybridized carbons (Fsp3) is 0.375. The average molecular weight is 199 g/mol. The number of imide groups is 1. The van der Waals surface area contributed by atoms with Crippen molar-refractivity contribution in [3.8, 4) is 0 Å². The molecule has 0 aliphatic carbocycles. The Labute approximate surface area is 79.9 Å². The van der Waals surface area contributed by atoms with E-state index in [0.717, 1.165) is 7.11 Å². The van der Waals surface area contributed by atoms with Crippen molar-refractivity contribution in [2.75, 3.05) is 13.7 Å². The lowest BCUT2D eigenvalue weighted by molar-refractivity contribution is -0.141. The first-order valence-electron chi connectivity index (χ1n) is 3.91. The van der Waals surface area contributed by atoms with Gasteiger partial charge in [0.25, 0.3) is 5.91 Å². The Morgan fingerprint density at radius 3 is 2.86 bits per heavy atom. The lowest BCUT2D eigenvalue weighted by atomic mass is 10.2. The summed E-state index contributed by atoms with van der Waals surface area (Å²) in [7, 11) is 1.12. The molecule has 0 saturated heterocycles. The zero-order valence-corrected chi connectivity index (χ0v) is 7.53. The minimum Gasteiger partial charge on any atom is -0.462 e. The SMILES string of the molecule is COC(=O)NC(=O)C1=CCCOC1=O. The fourth-order valence-corrected chi connectivity index (χ4v) is 0.912. The van der Waals surface area contributed by atoms with E-state index in [1.165, 1.54) is 6.08 Å². The number of cyclic esters (lactones) is 1. The molecular weight excluding hydrogens is 190 g/mol. The lowest BCUT2D eigenvalue weighted by Gasteiger charge is -2.11. The van der Waals surface area contributed by atoms with Crippen molar-refractivity contribution in [1.82, 2.24) is 5.32 Å². The molecule has 0 spiro atoms. The van der Waals surface area contributed by atoms with Crippen molar-refractivity contribution in [2.45, 2.75) is 6.42 Å². The number of carbonyl (C=O) groups is 3. The second kappa shape index (κ2) is 4.40. The predicted molar refractivity (Wildman–Crippen MR) is 44.2 cm³/mol. The Balaban J connectivity index is 2.64. The van der Waals surface area contributed by atoms with E-state index < -0.39 is 18.0 Å². The van der Waals surface area contributed by atoms with Gasteiger partial charge in [-0.2, -0.15) is 0 Å². The van der Waals surface area contributed by atoms with Crippen molar-refractivity contribution in [1.29, 1.82) is 0 Å². The van der Waals surface area contributed by atoms with E-state index >= 15 is 0 Å².